The first-order chi connectivity index (χ1) is 4.04. The van der Waals surface area contributed by atoms with Crippen LogP contribution in [0.15, 0.2) is 0 Å². The van der Waals surface area contributed by atoms with Crippen LogP contribution in [0.2, 0.25) is 0 Å². The average Bonchev–Trinajstić information content (AvgIpc) is 1.97. The molecule has 0 aromatic carbocycles. The molecular formula is C7H16O2S. The molecule has 10 heavy (non-hydrogen) atoms. The van der Waals surface area contributed by atoms with E-state index in [1.54, 1.807) is 0 Å². The van der Waals surface area contributed by atoms with Crippen LogP contribution in [0.3, 0.4) is 0 Å². The predicted molar refractivity (Wildman–Crippen MR) is 44.5 cm³/mol. The molecule has 1 aliphatic rings. The second kappa shape index (κ2) is 3.01. The van der Waals surface area contributed by atoms with E-state index in [0.29, 0.717) is 5.25 Å². The molecule has 62 valence electrons. The minimum atomic E-state index is -0.578. The van der Waals surface area contributed by atoms with Crippen molar-refractivity contribution < 1.29 is 9.69 Å². The SMILES string of the molecule is CC1CCC(C)(C)S1=O.O. The molecule has 2 N–H and O–H groups in total. The van der Waals surface area contributed by atoms with Crippen molar-refractivity contribution in [3.8, 4) is 0 Å². The van der Waals surface area contributed by atoms with Crippen LogP contribution in [0.4, 0.5) is 0 Å². The highest BCUT2D eigenvalue weighted by molar-refractivity contribution is 7.87. The lowest BCUT2D eigenvalue weighted by Gasteiger charge is -2.14. The Labute approximate surface area is 64.8 Å². The lowest BCUT2D eigenvalue weighted by atomic mass is 10.1. The minimum Gasteiger partial charge on any atom is -0.412 e. The number of hydrogen-bond donors (Lipinski definition) is 0. The first kappa shape index (κ1) is 10.1. The largest absolute Gasteiger partial charge is 0.412 e. The highest BCUT2D eigenvalue weighted by atomic mass is 32.2. The average molecular weight is 164 g/mol. The summed E-state index contributed by atoms with van der Waals surface area (Å²) in [5.41, 5.74) is 0. The van der Waals surface area contributed by atoms with Gasteiger partial charge in [0.15, 0.2) is 0 Å². The van der Waals surface area contributed by atoms with Crippen LogP contribution in [0.25, 0.3) is 0 Å². The van der Waals surface area contributed by atoms with Crippen LogP contribution in [0.5, 0.6) is 0 Å². The van der Waals surface area contributed by atoms with Crippen molar-refractivity contribution in [2.24, 2.45) is 0 Å². The molecule has 1 heterocycles. The molecule has 2 atom stereocenters. The van der Waals surface area contributed by atoms with Gasteiger partial charge in [0.25, 0.3) is 0 Å². The highest BCUT2D eigenvalue weighted by Crippen LogP contribution is 2.32. The van der Waals surface area contributed by atoms with E-state index in [1.165, 1.54) is 0 Å². The van der Waals surface area contributed by atoms with Crippen LogP contribution < -0.4 is 0 Å². The summed E-state index contributed by atoms with van der Waals surface area (Å²) in [5, 5.41) is 0.431. The Hall–Kier alpha value is 0.110. The molecule has 0 aromatic heterocycles. The van der Waals surface area contributed by atoms with Crippen molar-refractivity contribution in [2.45, 2.75) is 43.6 Å². The smallest absolute Gasteiger partial charge is 0.0406 e. The van der Waals surface area contributed by atoms with Gasteiger partial charge in [0.05, 0.1) is 0 Å². The van der Waals surface area contributed by atoms with Crippen molar-refractivity contribution >= 4 is 10.8 Å². The molecule has 1 aliphatic heterocycles. The van der Waals surface area contributed by atoms with E-state index in [2.05, 4.69) is 20.8 Å². The number of rotatable bonds is 0. The highest BCUT2D eigenvalue weighted by Gasteiger charge is 2.36. The Morgan fingerprint density at radius 3 is 2.10 bits per heavy atom. The summed E-state index contributed by atoms with van der Waals surface area (Å²) in [7, 11) is -0.578. The first-order valence-electron chi connectivity index (χ1n) is 3.45. The number of hydrogen-bond acceptors (Lipinski definition) is 1. The molecule has 0 bridgehead atoms. The van der Waals surface area contributed by atoms with E-state index in [0.717, 1.165) is 12.8 Å². The third-order valence-corrected chi connectivity index (χ3v) is 4.32. The van der Waals surface area contributed by atoms with Gasteiger partial charge < -0.3 is 5.48 Å². The van der Waals surface area contributed by atoms with Crippen LogP contribution in [-0.2, 0) is 10.8 Å². The van der Waals surface area contributed by atoms with Gasteiger partial charge in [-0.2, -0.15) is 0 Å². The van der Waals surface area contributed by atoms with E-state index < -0.39 is 10.8 Å². The Bertz CT molecular complexity index is 143. The third kappa shape index (κ3) is 1.58. The molecule has 1 rings (SSSR count). The van der Waals surface area contributed by atoms with Crippen LogP contribution in [-0.4, -0.2) is 19.7 Å². The van der Waals surface area contributed by atoms with Crippen molar-refractivity contribution in [2.75, 3.05) is 0 Å². The topological polar surface area (TPSA) is 48.6 Å². The quantitative estimate of drug-likeness (QED) is 0.524. The summed E-state index contributed by atoms with van der Waals surface area (Å²) < 4.78 is 11.4. The summed E-state index contributed by atoms with van der Waals surface area (Å²) in [6.45, 7) is 6.25. The predicted octanol–water partition coefficient (Wildman–Crippen LogP) is 0.871. The molecule has 1 fully saturated rings. The fraction of sp³-hybridized carbons (Fsp3) is 1.00. The second-order valence-corrected chi connectivity index (χ2v) is 5.91. The maximum atomic E-state index is 11.3. The zero-order chi connectivity index (χ0) is 7.07. The van der Waals surface area contributed by atoms with Crippen LogP contribution in [0.1, 0.15) is 33.6 Å². The van der Waals surface area contributed by atoms with Gasteiger partial charge in [-0.25, -0.2) is 0 Å². The molecule has 0 amide bonds. The molecule has 3 heteroatoms. The lowest BCUT2D eigenvalue weighted by Crippen LogP contribution is -2.22. The Morgan fingerprint density at radius 2 is 2.00 bits per heavy atom. The van der Waals surface area contributed by atoms with E-state index in [1.807, 2.05) is 0 Å². The van der Waals surface area contributed by atoms with Gasteiger partial charge >= 0.3 is 0 Å². The van der Waals surface area contributed by atoms with E-state index in [9.17, 15) is 4.21 Å². The second-order valence-electron chi connectivity index (χ2n) is 3.41. The molecule has 2 nitrogen and oxygen atoms in total. The molecule has 0 aromatic rings. The fourth-order valence-electron chi connectivity index (χ4n) is 1.30. The molecule has 2 unspecified atom stereocenters. The summed E-state index contributed by atoms with van der Waals surface area (Å²) in [4.78, 5) is 0. The summed E-state index contributed by atoms with van der Waals surface area (Å²) in [6, 6.07) is 0. The molecule has 0 spiro atoms. The zero-order valence-electron chi connectivity index (χ0n) is 6.81. The standard InChI is InChI=1S/C7H14OS.H2O/c1-6-4-5-7(2,3)9(6)8;/h6H,4-5H2,1-3H3;1H2. The normalized spacial score (nSPS) is 37.1. The van der Waals surface area contributed by atoms with Gasteiger partial charge in [0.2, 0.25) is 0 Å². The summed E-state index contributed by atoms with van der Waals surface area (Å²) in [6.07, 6.45) is 2.26. The van der Waals surface area contributed by atoms with Crippen molar-refractivity contribution in [3.05, 3.63) is 0 Å². The van der Waals surface area contributed by atoms with Crippen LogP contribution in [0, 0.1) is 0 Å². The molecule has 0 saturated carbocycles. The Balaban J connectivity index is 0.000000810. The summed E-state index contributed by atoms with van der Waals surface area (Å²) in [5.74, 6) is 0. The van der Waals surface area contributed by atoms with Gasteiger partial charge in [-0.05, 0) is 26.7 Å². The fourth-order valence-corrected chi connectivity index (χ4v) is 3.04. The van der Waals surface area contributed by atoms with Crippen molar-refractivity contribution in [1.82, 2.24) is 0 Å². The van der Waals surface area contributed by atoms with Gasteiger partial charge in [-0.3, -0.25) is 4.21 Å². The maximum Gasteiger partial charge on any atom is 0.0406 e. The summed E-state index contributed by atoms with van der Waals surface area (Å²) >= 11 is 0. The third-order valence-electron chi connectivity index (χ3n) is 2.06. The monoisotopic (exact) mass is 164 g/mol. The van der Waals surface area contributed by atoms with E-state index in [4.69, 9.17) is 0 Å². The molecule has 1 saturated heterocycles. The lowest BCUT2D eigenvalue weighted by molar-refractivity contribution is 0.622. The van der Waals surface area contributed by atoms with Gasteiger partial charge in [0.1, 0.15) is 0 Å². The van der Waals surface area contributed by atoms with Gasteiger partial charge in [0, 0.05) is 20.8 Å². The van der Waals surface area contributed by atoms with E-state index >= 15 is 0 Å². The Morgan fingerprint density at radius 1 is 1.50 bits per heavy atom. The van der Waals surface area contributed by atoms with Crippen LogP contribution >= 0.6 is 0 Å². The maximum absolute atomic E-state index is 11.3. The molecular weight excluding hydrogens is 148 g/mol. The van der Waals surface area contributed by atoms with Crippen molar-refractivity contribution in [3.63, 3.8) is 0 Å². The minimum absolute atomic E-state index is 0. The van der Waals surface area contributed by atoms with E-state index in [-0.39, 0.29) is 10.2 Å². The van der Waals surface area contributed by atoms with Gasteiger partial charge in [-0.15, -0.1) is 0 Å². The van der Waals surface area contributed by atoms with Gasteiger partial charge in [-0.1, -0.05) is 6.92 Å². The molecule has 0 aliphatic carbocycles. The molecule has 0 radical (unpaired) electrons. The first-order valence-corrected chi connectivity index (χ1v) is 4.66. The Kier molecular flexibility index (Phi) is 3.04. The zero-order valence-corrected chi connectivity index (χ0v) is 7.62. The van der Waals surface area contributed by atoms with Crippen molar-refractivity contribution in [1.29, 1.82) is 0 Å².